The molecular weight excluding hydrogens is 543 g/mol. The Bertz CT molecular complexity index is 388. The normalized spacial score (nSPS) is 11.1. The second-order valence-corrected chi connectivity index (χ2v) is 15.6. The van der Waals surface area contributed by atoms with Crippen LogP contribution in [0.15, 0.2) is 0 Å². The number of hydrogen-bond acceptors (Lipinski definition) is 0. The number of unbranched alkanes of at least 4 members (excludes halogenated alkanes) is 34. The topological polar surface area (TPSA) is 0 Å². The monoisotopic (exact) mass is 625 g/mol. The van der Waals surface area contributed by atoms with Crippen LogP contribution in [0.2, 0.25) is 10.6 Å². The number of hydrogen-bond donors (Lipinski definition) is 0. The van der Waals surface area contributed by atoms with Crippen molar-refractivity contribution in [1.29, 1.82) is 0 Å². The van der Waals surface area contributed by atoms with Gasteiger partial charge in [0.05, 0.1) is 0 Å². The Morgan fingerprint density at radius 2 is 0.357 bits per heavy atom. The Morgan fingerprint density at radius 3 is 0.524 bits per heavy atom. The third-order valence-corrected chi connectivity index (χ3v) is 11.2. The summed E-state index contributed by atoms with van der Waals surface area (Å²) in [4.78, 5) is 0. The summed E-state index contributed by atoms with van der Waals surface area (Å²) in [5, 5.41) is 3.16. The quantitative estimate of drug-likeness (QED) is 0.0473. The van der Waals surface area contributed by atoms with E-state index in [2.05, 4.69) is 13.8 Å². The zero-order chi connectivity index (χ0) is 29.6. The van der Waals surface area contributed by atoms with Gasteiger partial charge in [-0.15, -0.1) is 0 Å². The fraction of sp³-hybridized carbons (Fsp3) is 1.00. The second-order valence-electron chi connectivity index (χ2n) is 13.9. The molecule has 0 fully saturated rings. The molecule has 0 unspecified atom stereocenters. The van der Waals surface area contributed by atoms with E-state index in [0.717, 1.165) is 15.2 Å². The molecule has 0 radical (unpaired) electrons. The Balaban J connectivity index is 0. The number of halogens is 1. The van der Waals surface area contributed by atoms with Crippen LogP contribution >= 0.6 is 0 Å². The summed E-state index contributed by atoms with van der Waals surface area (Å²) < 4.78 is 0. The minimum absolute atomic E-state index is 0. The van der Waals surface area contributed by atoms with Crippen LogP contribution in [-0.2, 0) is 0 Å². The summed E-state index contributed by atoms with van der Waals surface area (Å²) in [6, 6.07) is 0. The van der Waals surface area contributed by atoms with Crippen molar-refractivity contribution < 1.29 is 12.4 Å². The van der Waals surface area contributed by atoms with Crippen LogP contribution in [0.1, 0.15) is 245 Å². The summed E-state index contributed by atoms with van der Waals surface area (Å²) in [5.41, 5.74) is 0. The van der Waals surface area contributed by atoms with Crippen molar-refractivity contribution >= 4 is 15.2 Å². The van der Waals surface area contributed by atoms with Gasteiger partial charge >= 0.3 is 167 Å². The van der Waals surface area contributed by atoms with Crippen LogP contribution in [-0.4, -0.2) is 15.2 Å². The summed E-state index contributed by atoms with van der Waals surface area (Å²) in [6.45, 7) is 4.62. The predicted octanol–water partition coefficient (Wildman–Crippen LogP) is 12.6. The van der Waals surface area contributed by atoms with E-state index in [0.29, 0.717) is 0 Å². The summed E-state index contributed by atoms with van der Waals surface area (Å²) in [7, 11) is 0. The molecule has 0 aromatic carbocycles. The van der Waals surface area contributed by atoms with Crippen molar-refractivity contribution in [3.8, 4) is 0 Å². The van der Waals surface area contributed by atoms with Crippen molar-refractivity contribution in [2.45, 2.75) is 256 Å². The zero-order valence-electron chi connectivity index (χ0n) is 29.8. The molecule has 0 aromatic rings. The van der Waals surface area contributed by atoms with Gasteiger partial charge in [-0.25, -0.2) is 0 Å². The van der Waals surface area contributed by atoms with Gasteiger partial charge in [0.25, 0.3) is 0 Å². The fourth-order valence-corrected chi connectivity index (χ4v) is 7.97. The molecule has 0 atom stereocenters. The van der Waals surface area contributed by atoms with E-state index in [1.54, 1.807) is 10.6 Å². The van der Waals surface area contributed by atoms with E-state index >= 15 is 0 Å². The van der Waals surface area contributed by atoms with Crippen molar-refractivity contribution in [3.05, 3.63) is 0 Å². The standard InChI is InChI=1S/2C20H41.Al.ClH/c2*1-3-5-7-9-11-13-15-17-19-20-18-16-14-12-10-8-6-4-2;;/h2*1,3-20H2,2H3;;1H/q;;+1;/p-1. The molecule has 0 bridgehead atoms. The summed E-state index contributed by atoms with van der Waals surface area (Å²) >= 11 is 0.765. The molecule has 0 aliphatic rings. The van der Waals surface area contributed by atoms with Crippen molar-refractivity contribution in [2.24, 2.45) is 0 Å². The minimum atomic E-state index is 0. The molecule has 0 saturated carbocycles. The van der Waals surface area contributed by atoms with Gasteiger partial charge in [0.2, 0.25) is 0 Å². The molecule has 0 heterocycles. The molecule has 0 nitrogen and oxygen atoms in total. The van der Waals surface area contributed by atoms with E-state index in [9.17, 15) is 0 Å². The smallest absolute Gasteiger partial charge is 1.00 e. The van der Waals surface area contributed by atoms with Crippen LogP contribution in [0.4, 0.5) is 0 Å². The maximum atomic E-state index is 2.31. The average molecular weight is 626 g/mol. The van der Waals surface area contributed by atoms with Gasteiger partial charge in [-0.1, -0.05) is 104 Å². The Morgan fingerprint density at radius 1 is 0.214 bits per heavy atom. The summed E-state index contributed by atoms with van der Waals surface area (Å²) in [5.74, 6) is 0. The van der Waals surface area contributed by atoms with Crippen LogP contribution in [0.3, 0.4) is 0 Å². The first-order chi connectivity index (χ1) is 20.4. The van der Waals surface area contributed by atoms with Gasteiger partial charge in [-0.2, -0.15) is 0 Å². The van der Waals surface area contributed by atoms with E-state index in [1.807, 2.05) is 0 Å². The van der Waals surface area contributed by atoms with E-state index in [-0.39, 0.29) is 12.4 Å². The number of rotatable bonds is 38. The maximum absolute atomic E-state index is 2.31. The third kappa shape index (κ3) is 43.0. The molecular formula is C40H82AlCl. The predicted molar refractivity (Wildman–Crippen MR) is 193 cm³/mol. The fourth-order valence-electron chi connectivity index (χ4n) is 6.52. The Labute approximate surface area is 282 Å². The summed E-state index contributed by atoms with van der Waals surface area (Å²) in [6.07, 6.45) is 53.6. The molecule has 0 N–H and O–H groups in total. The zero-order valence-corrected chi connectivity index (χ0v) is 31.7. The second kappa shape index (κ2) is 43.9. The Kier molecular flexibility index (Phi) is 47.0. The first kappa shape index (κ1) is 44.9. The van der Waals surface area contributed by atoms with Gasteiger partial charge in [0.1, 0.15) is 0 Å². The van der Waals surface area contributed by atoms with Gasteiger partial charge in [-0.05, 0) is 0 Å². The van der Waals surface area contributed by atoms with E-state index in [1.165, 1.54) is 231 Å². The Hall–Kier alpha value is 0.822. The third-order valence-electron chi connectivity index (χ3n) is 9.52. The molecule has 2 heteroatoms. The van der Waals surface area contributed by atoms with Crippen LogP contribution in [0.25, 0.3) is 0 Å². The van der Waals surface area contributed by atoms with Crippen molar-refractivity contribution in [2.75, 3.05) is 0 Å². The minimum Gasteiger partial charge on any atom is -1.00 e. The van der Waals surface area contributed by atoms with Crippen molar-refractivity contribution in [3.63, 3.8) is 0 Å². The SMILES string of the molecule is CCCCCCCCCCCCCCCCCCC[CH2][Al+][CH2]CCCCCCCCCCCCCCCCCCC.[Cl-]. The molecule has 0 saturated heterocycles. The van der Waals surface area contributed by atoms with E-state index in [4.69, 9.17) is 0 Å². The molecule has 0 rings (SSSR count). The van der Waals surface area contributed by atoms with E-state index < -0.39 is 0 Å². The average Bonchev–Trinajstić information content (AvgIpc) is 2.98. The first-order valence-corrected chi connectivity index (χ1v) is 21.9. The first-order valence-electron chi connectivity index (χ1n) is 20.2. The van der Waals surface area contributed by atoms with Gasteiger partial charge < -0.3 is 12.4 Å². The molecule has 0 aromatic heterocycles. The van der Waals surface area contributed by atoms with Gasteiger partial charge in [0.15, 0.2) is 0 Å². The molecule has 0 aliphatic heterocycles. The van der Waals surface area contributed by atoms with Crippen molar-refractivity contribution in [1.82, 2.24) is 0 Å². The van der Waals surface area contributed by atoms with Crippen LogP contribution in [0, 0.1) is 0 Å². The van der Waals surface area contributed by atoms with Crippen LogP contribution in [0.5, 0.6) is 0 Å². The molecule has 0 spiro atoms. The van der Waals surface area contributed by atoms with Crippen LogP contribution < -0.4 is 12.4 Å². The molecule has 252 valence electrons. The molecule has 0 amide bonds. The molecule has 42 heavy (non-hydrogen) atoms. The van der Waals surface area contributed by atoms with Gasteiger partial charge in [0, 0.05) is 0 Å². The molecule has 0 aliphatic carbocycles. The van der Waals surface area contributed by atoms with Gasteiger partial charge in [-0.3, -0.25) is 0 Å².